The minimum absolute atomic E-state index is 0.0446. The topological polar surface area (TPSA) is 53.4 Å². The van der Waals surface area contributed by atoms with Gasteiger partial charge in [-0.1, -0.05) is 34.1 Å². The normalized spacial score (nSPS) is 12.6. The quantitative estimate of drug-likeness (QED) is 0.464. The highest BCUT2D eigenvalue weighted by Crippen LogP contribution is 2.33. The Labute approximate surface area is 166 Å². The van der Waals surface area contributed by atoms with Gasteiger partial charge in [0.1, 0.15) is 4.83 Å². The molecule has 4 aromatic rings. The number of fused-ring (bicyclic) bond motifs is 2. The molecule has 0 N–H and O–H groups in total. The Hall–Kier alpha value is -2.64. The van der Waals surface area contributed by atoms with Crippen molar-refractivity contribution in [3.8, 4) is 22.6 Å². The van der Waals surface area contributed by atoms with Gasteiger partial charge in [0.05, 0.1) is 18.3 Å². The molecule has 0 amide bonds. The Bertz CT molecular complexity index is 1210. The molecule has 27 heavy (non-hydrogen) atoms. The van der Waals surface area contributed by atoms with Gasteiger partial charge in [0.15, 0.2) is 11.5 Å². The fraction of sp³-hybridized carbons (Fsp3) is 0.100. The third-order valence-electron chi connectivity index (χ3n) is 4.51. The molecule has 5 nitrogen and oxygen atoms in total. The molecule has 0 aliphatic carbocycles. The summed E-state index contributed by atoms with van der Waals surface area (Å²) in [7, 11) is 0. The standard InChI is InChI=1S/C20H13BrN2O3S/c21-14-4-2-13(3-5-14)15-9-27-19-18(15)20(24)23(10-22-19)8-12-1-6-16-17(7-12)26-11-25-16/h1-7,9-10H,8,11H2. The highest BCUT2D eigenvalue weighted by Gasteiger charge is 2.16. The molecule has 134 valence electrons. The van der Waals surface area contributed by atoms with E-state index in [2.05, 4.69) is 20.9 Å². The molecule has 3 heterocycles. The maximum Gasteiger partial charge on any atom is 0.263 e. The predicted molar refractivity (Wildman–Crippen MR) is 109 cm³/mol. The van der Waals surface area contributed by atoms with E-state index in [9.17, 15) is 4.79 Å². The lowest BCUT2D eigenvalue weighted by atomic mass is 10.1. The second-order valence-corrected chi connectivity index (χ2v) is 7.98. The van der Waals surface area contributed by atoms with E-state index in [-0.39, 0.29) is 12.4 Å². The van der Waals surface area contributed by atoms with Gasteiger partial charge in [-0.3, -0.25) is 9.36 Å². The van der Waals surface area contributed by atoms with Crippen LogP contribution in [0.1, 0.15) is 5.56 Å². The Morgan fingerprint density at radius 2 is 1.93 bits per heavy atom. The van der Waals surface area contributed by atoms with Gasteiger partial charge in [-0.2, -0.15) is 0 Å². The van der Waals surface area contributed by atoms with E-state index in [4.69, 9.17) is 9.47 Å². The number of hydrogen-bond donors (Lipinski definition) is 0. The van der Waals surface area contributed by atoms with E-state index < -0.39 is 0 Å². The lowest BCUT2D eigenvalue weighted by Crippen LogP contribution is -2.20. The van der Waals surface area contributed by atoms with Crippen molar-refractivity contribution in [2.75, 3.05) is 6.79 Å². The maximum atomic E-state index is 13.2. The van der Waals surface area contributed by atoms with Crippen LogP contribution in [0.15, 0.2) is 63.4 Å². The van der Waals surface area contributed by atoms with E-state index in [1.165, 1.54) is 11.3 Å². The zero-order valence-electron chi connectivity index (χ0n) is 14.0. The molecule has 2 aromatic heterocycles. The minimum Gasteiger partial charge on any atom is -0.454 e. The summed E-state index contributed by atoms with van der Waals surface area (Å²) in [4.78, 5) is 18.4. The van der Waals surface area contributed by atoms with Gasteiger partial charge >= 0.3 is 0 Å². The molecule has 2 aromatic carbocycles. The molecule has 0 saturated heterocycles. The summed E-state index contributed by atoms with van der Waals surface area (Å²) >= 11 is 4.93. The number of thiophene rings is 1. The van der Waals surface area contributed by atoms with Crippen LogP contribution in [0.4, 0.5) is 0 Å². The van der Waals surface area contributed by atoms with Gasteiger partial charge < -0.3 is 9.47 Å². The van der Waals surface area contributed by atoms with Crippen molar-refractivity contribution in [3.63, 3.8) is 0 Å². The fourth-order valence-corrected chi connectivity index (χ4v) is 4.33. The van der Waals surface area contributed by atoms with Crippen molar-refractivity contribution < 1.29 is 9.47 Å². The Kier molecular flexibility index (Phi) is 3.98. The van der Waals surface area contributed by atoms with Crippen molar-refractivity contribution in [2.45, 2.75) is 6.54 Å². The van der Waals surface area contributed by atoms with Crippen LogP contribution in [0.25, 0.3) is 21.3 Å². The van der Waals surface area contributed by atoms with Crippen molar-refractivity contribution >= 4 is 37.5 Å². The number of benzene rings is 2. The minimum atomic E-state index is -0.0446. The van der Waals surface area contributed by atoms with Gasteiger partial charge in [-0.25, -0.2) is 4.98 Å². The van der Waals surface area contributed by atoms with Crippen LogP contribution in [0.5, 0.6) is 11.5 Å². The van der Waals surface area contributed by atoms with Crippen LogP contribution >= 0.6 is 27.3 Å². The van der Waals surface area contributed by atoms with Crippen molar-refractivity contribution in [1.29, 1.82) is 0 Å². The van der Waals surface area contributed by atoms with Crippen LogP contribution in [0.3, 0.4) is 0 Å². The second-order valence-electron chi connectivity index (χ2n) is 6.20. The molecule has 0 atom stereocenters. The van der Waals surface area contributed by atoms with Gasteiger partial charge in [-0.15, -0.1) is 11.3 Å². The average molecular weight is 441 g/mol. The van der Waals surface area contributed by atoms with Gasteiger partial charge in [0.25, 0.3) is 5.56 Å². The van der Waals surface area contributed by atoms with E-state index in [0.29, 0.717) is 17.7 Å². The number of halogens is 1. The van der Waals surface area contributed by atoms with E-state index in [1.807, 2.05) is 47.8 Å². The maximum absolute atomic E-state index is 13.2. The van der Waals surface area contributed by atoms with Gasteiger partial charge in [0.2, 0.25) is 6.79 Å². The van der Waals surface area contributed by atoms with E-state index in [1.54, 1.807) is 10.9 Å². The second kappa shape index (κ2) is 6.51. The molecule has 0 unspecified atom stereocenters. The van der Waals surface area contributed by atoms with Gasteiger partial charge in [0, 0.05) is 15.4 Å². The Morgan fingerprint density at radius 3 is 2.78 bits per heavy atom. The van der Waals surface area contributed by atoms with Crippen LogP contribution < -0.4 is 15.0 Å². The molecule has 1 aliphatic rings. The summed E-state index contributed by atoms with van der Waals surface area (Å²) in [5.41, 5.74) is 2.84. The first-order valence-corrected chi connectivity index (χ1v) is 9.97. The van der Waals surface area contributed by atoms with Crippen molar-refractivity contribution in [1.82, 2.24) is 9.55 Å². The third-order valence-corrected chi connectivity index (χ3v) is 5.92. The van der Waals surface area contributed by atoms with Gasteiger partial charge in [-0.05, 0) is 35.4 Å². The fourth-order valence-electron chi connectivity index (χ4n) is 3.16. The highest BCUT2D eigenvalue weighted by molar-refractivity contribution is 9.10. The lowest BCUT2D eigenvalue weighted by Gasteiger charge is -2.07. The predicted octanol–water partition coefficient (Wildman–Crippen LogP) is 4.66. The number of hydrogen-bond acceptors (Lipinski definition) is 5. The smallest absolute Gasteiger partial charge is 0.263 e. The molecular weight excluding hydrogens is 428 g/mol. The highest BCUT2D eigenvalue weighted by atomic mass is 79.9. The Morgan fingerprint density at radius 1 is 1.11 bits per heavy atom. The molecule has 0 fully saturated rings. The summed E-state index contributed by atoms with van der Waals surface area (Å²) in [6.07, 6.45) is 1.61. The molecule has 7 heteroatoms. The lowest BCUT2D eigenvalue weighted by molar-refractivity contribution is 0.174. The molecule has 0 spiro atoms. The summed E-state index contributed by atoms with van der Waals surface area (Å²) in [6.45, 7) is 0.658. The van der Waals surface area contributed by atoms with Crippen molar-refractivity contribution in [2.24, 2.45) is 0 Å². The summed E-state index contributed by atoms with van der Waals surface area (Å²) in [6, 6.07) is 13.7. The van der Waals surface area contributed by atoms with Crippen LogP contribution in [0.2, 0.25) is 0 Å². The zero-order valence-corrected chi connectivity index (χ0v) is 16.4. The largest absolute Gasteiger partial charge is 0.454 e. The first-order valence-electron chi connectivity index (χ1n) is 8.30. The summed E-state index contributed by atoms with van der Waals surface area (Å²) < 4.78 is 13.4. The number of rotatable bonds is 3. The first kappa shape index (κ1) is 16.5. The molecule has 1 aliphatic heterocycles. The number of nitrogens with zero attached hydrogens (tertiary/aromatic N) is 2. The monoisotopic (exact) mass is 440 g/mol. The zero-order chi connectivity index (χ0) is 18.4. The third kappa shape index (κ3) is 2.93. The summed E-state index contributed by atoms with van der Waals surface area (Å²) in [5.74, 6) is 1.44. The first-order chi connectivity index (χ1) is 13.2. The molecule has 0 bridgehead atoms. The van der Waals surface area contributed by atoms with Crippen LogP contribution in [-0.4, -0.2) is 16.3 Å². The SMILES string of the molecule is O=c1c2c(-c3ccc(Br)cc3)csc2ncn1Cc1ccc2c(c1)OCO2. The molecule has 5 rings (SSSR count). The number of ether oxygens (including phenoxy) is 2. The molecular formula is C20H13BrN2O3S. The Balaban J connectivity index is 1.58. The van der Waals surface area contributed by atoms with Crippen LogP contribution in [-0.2, 0) is 6.54 Å². The average Bonchev–Trinajstić information content (AvgIpc) is 3.31. The number of aromatic nitrogens is 2. The summed E-state index contributed by atoms with van der Waals surface area (Å²) in [5, 5.41) is 2.65. The molecule has 0 radical (unpaired) electrons. The van der Waals surface area contributed by atoms with Crippen LogP contribution in [0, 0.1) is 0 Å². The molecule has 0 saturated carbocycles. The van der Waals surface area contributed by atoms with Crippen molar-refractivity contribution in [3.05, 3.63) is 74.6 Å². The van der Waals surface area contributed by atoms with E-state index in [0.717, 1.165) is 31.7 Å². The van der Waals surface area contributed by atoms with E-state index >= 15 is 0 Å².